The lowest BCUT2D eigenvalue weighted by molar-refractivity contribution is -0.00535. The number of anilines is 1. The molecule has 184 valence electrons. The summed E-state index contributed by atoms with van der Waals surface area (Å²) in [6.45, 7) is 8.17. The standard InChI is InChI=1S/C18H23N7O2.C5H10O2/c1-18(2,3)27-17(26)24-6-4-14(5-7-24)25-11-13(10-22-25)15-12(8-19)9-21-16(20)23-15;6-5-2-1-3-7-4-5/h9-11,14H,4-7H2,1-3H3,(H2,20,21,23);5-6H,1-4H2. The lowest BCUT2D eigenvalue weighted by Crippen LogP contribution is -2.42. The first-order valence-corrected chi connectivity index (χ1v) is 11.5. The van der Waals surface area contributed by atoms with Crippen molar-refractivity contribution in [1.29, 1.82) is 5.26 Å². The van der Waals surface area contributed by atoms with Crippen LogP contribution in [0, 0.1) is 11.3 Å². The highest BCUT2D eigenvalue weighted by Gasteiger charge is 2.28. The number of rotatable bonds is 2. The van der Waals surface area contributed by atoms with Crippen molar-refractivity contribution in [1.82, 2.24) is 24.6 Å². The van der Waals surface area contributed by atoms with Gasteiger partial charge in [-0.15, -0.1) is 0 Å². The maximum Gasteiger partial charge on any atom is 0.410 e. The zero-order valence-corrected chi connectivity index (χ0v) is 20.0. The molecule has 11 nitrogen and oxygen atoms in total. The molecule has 2 aromatic heterocycles. The molecule has 1 amide bonds. The fourth-order valence-electron chi connectivity index (χ4n) is 3.72. The predicted octanol–water partition coefficient (Wildman–Crippen LogP) is 2.52. The summed E-state index contributed by atoms with van der Waals surface area (Å²) in [7, 11) is 0. The van der Waals surface area contributed by atoms with Crippen LogP contribution >= 0.6 is 0 Å². The van der Waals surface area contributed by atoms with Crippen molar-refractivity contribution < 1.29 is 19.4 Å². The number of aliphatic hydroxyl groups excluding tert-OH is 1. The third kappa shape index (κ3) is 7.13. The maximum absolute atomic E-state index is 12.2. The summed E-state index contributed by atoms with van der Waals surface area (Å²) < 4.78 is 12.2. The summed E-state index contributed by atoms with van der Waals surface area (Å²) in [5.41, 5.74) is 6.69. The van der Waals surface area contributed by atoms with Crippen LogP contribution in [-0.2, 0) is 9.47 Å². The first-order valence-electron chi connectivity index (χ1n) is 11.5. The number of hydrogen-bond acceptors (Lipinski definition) is 9. The number of carbonyl (C=O) groups is 1. The number of nitrogens with zero attached hydrogens (tertiary/aromatic N) is 6. The van der Waals surface area contributed by atoms with Crippen molar-refractivity contribution in [3.05, 3.63) is 24.2 Å². The van der Waals surface area contributed by atoms with Crippen molar-refractivity contribution in [2.24, 2.45) is 0 Å². The molecule has 34 heavy (non-hydrogen) atoms. The Morgan fingerprint density at radius 1 is 1.29 bits per heavy atom. The van der Waals surface area contributed by atoms with E-state index in [0.717, 1.165) is 37.9 Å². The predicted molar refractivity (Wildman–Crippen MR) is 125 cm³/mol. The van der Waals surface area contributed by atoms with Gasteiger partial charge < -0.3 is 25.2 Å². The molecule has 4 rings (SSSR count). The van der Waals surface area contributed by atoms with E-state index in [1.165, 1.54) is 6.20 Å². The molecule has 2 aliphatic heterocycles. The smallest absolute Gasteiger partial charge is 0.410 e. The van der Waals surface area contributed by atoms with E-state index in [-0.39, 0.29) is 24.2 Å². The van der Waals surface area contributed by atoms with Gasteiger partial charge >= 0.3 is 6.09 Å². The van der Waals surface area contributed by atoms with Gasteiger partial charge in [0.25, 0.3) is 0 Å². The highest BCUT2D eigenvalue weighted by atomic mass is 16.6. The van der Waals surface area contributed by atoms with Gasteiger partial charge in [-0.3, -0.25) is 4.68 Å². The molecular formula is C23H33N7O4. The Morgan fingerprint density at radius 3 is 2.59 bits per heavy atom. The van der Waals surface area contributed by atoms with E-state index in [0.29, 0.717) is 31.0 Å². The average Bonchev–Trinajstić information content (AvgIpc) is 3.29. The first-order chi connectivity index (χ1) is 16.2. The molecule has 0 aromatic carbocycles. The number of likely N-dealkylation sites (tertiary alicyclic amines) is 1. The molecule has 0 bridgehead atoms. The third-order valence-electron chi connectivity index (χ3n) is 5.43. The Labute approximate surface area is 199 Å². The van der Waals surface area contributed by atoms with Crippen LogP contribution in [0.15, 0.2) is 18.6 Å². The summed E-state index contributed by atoms with van der Waals surface area (Å²) in [4.78, 5) is 21.9. The van der Waals surface area contributed by atoms with Crippen molar-refractivity contribution in [2.45, 2.75) is 64.2 Å². The molecule has 3 N–H and O–H groups in total. The number of aliphatic hydroxyl groups is 1. The normalized spacial score (nSPS) is 19.0. The zero-order chi connectivity index (χ0) is 24.7. The Bertz CT molecular complexity index is 997. The molecule has 0 aliphatic carbocycles. The van der Waals surface area contributed by atoms with Crippen LogP contribution in [0.25, 0.3) is 11.3 Å². The van der Waals surface area contributed by atoms with Crippen molar-refractivity contribution >= 4 is 12.0 Å². The van der Waals surface area contributed by atoms with Gasteiger partial charge in [0.2, 0.25) is 5.95 Å². The van der Waals surface area contributed by atoms with E-state index >= 15 is 0 Å². The summed E-state index contributed by atoms with van der Waals surface area (Å²) in [5, 5.41) is 22.4. The second kappa shape index (κ2) is 11.3. The van der Waals surface area contributed by atoms with Gasteiger partial charge in [0.05, 0.1) is 42.4 Å². The Balaban J connectivity index is 0.000000396. The molecule has 2 saturated heterocycles. The molecule has 11 heteroatoms. The molecule has 0 saturated carbocycles. The highest BCUT2D eigenvalue weighted by Crippen LogP contribution is 2.27. The summed E-state index contributed by atoms with van der Waals surface area (Å²) in [6.07, 6.45) is 7.95. The van der Waals surface area contributed by atoms with E-state index in [4.69, 9.17) is 20.3 Å². The molecule has 0 spiro atoms. The average molecular weight is 472 g/mol. The Morgan fingerprint density at radius 2 is 2.03 bits per heavy atom. The molecule has 2 aliphatic rings. The molecular weight excluding hydrogens is 438 g/mol. The van der Waals surface area contributed by atoms with E-state index in [2.05, 4.69) is 21.1 Å². The molecule has 1 atom stereocenters. The van der Waals surface area contributed by atoms with E-state index in [9.17, 15) is 10.1 Å². The van der Waals surface area contributed by atoms with E-state index in [1.807, 2.05) is 31.6 Å². The minimum absolute atomic E-state index is 0.113. The number of ether oxygens (including phenoxy) is 2. The van der Waals surface area contributed by atoms with Crippen molar-refractivity contribution in [3.8, 4) is 17.3 Å². The fourth-order valence-corrected chi connectivity index (χ4v) is 3.72. The molecule has 4 heterocycles. The number of hydrogen-bond donors (Lipinski definition) is 2. The van der Waals surface area contributed by atoms with Crippen LogP contribution in [0.1, 0.15) is 58.1 Å². The van der Waals surface area contributed by atoms with Crippen molar-refractivity contribution in [2.75, 3.05) is 32.0 Å². The minimum Gasteiger partial charge on any atom is -0.444 e. The first kappa shape index (κ1) is 25.4. The van der Waals surface area contributed by atoms with Crippen LogP contribution in [-0.4, -0.2) is 73.9 Å². The van der Waals surface area contributed by atoms with Crippen LogP contribution in [0.5, 0.6) is 0 Å². The van der Waals surface area contributed by atoms with Crippen LogP contribution in [0.2, 0.25) is 0 Å². The monoisotopic (exact) mass is 471 g/mol. The number of nitriles is 1. The van der Waals surface area contributed by atoms with Crippen LogP contribution in [0.4, 0.5) is 10.7 Å². The fraction of sp³-hybridized carbons (Fsp3) is 0.609. The Hall–Kier alpha value is -3.23. The molecule has 2 fully saturated rings. The minimum atomic E-state index is -0.497. The lowest BCUT2D eigenvalue weighted by atomic mass is 10.1. The molecule has 1 unspecified atom stereocenters. The van der Waals surface area contributed by atoms with Crippen LogP contribution in [0.3, 0.4) is 0 Å². The summed E-state index contributed by atoms with van der Waals surface area (Å²) >= 11 is 0. The topological polar surface area (TPSA) is 152 Å². The number of nitrogen functional groups attached to an aromatic ring is 1. The third-order valence-corrected chi connectivity index (χ3v) is 5.43. The largest absolute Gasteiger partial charge is 0.444 e. The second-order valence-corrected chi connectivity index (χ2v) is 9.38. The van der Waals surface area contributed by atoms with Gasteiger partial charge in [-0.2, -0.15) is 10.4 Å². The van der Waals surface area contributed by atoms with Crippen molar-refractivity contribution in [3.63, 3.8) is 0 Å². The molecule has 2 aromatic rings. The van der Waals surface area contributed by atoms with Gasteiger partial charge in [0.1, 0.15) is 11.7 Å². The Kier molecular flexibility index (Phi) is 8.41. The zero-order valence-electron chi connectivity index (χ0n) is 20.0. The summed E-state index contributed by atoms with van der Waals surface area (Å²) in [5.74, 6) is 0.113. The summed E-state index contributed by atoms with van der Waals surface area (Å²) in [6, 6.07) is 2.24. The number of aromatic nitrogens is 4. The van der Waals surface area contributed by atoms with E-state index < -0.39 is 5.60 Å². The maximum atomic E-state index is 12.2. The number of carbonyl (C=O) groups excluding carboxylic acids is 1. The lowest BCUT2D eigenvalue weighted by Gasteiger charge is -2.33. The van der Waals surface area contributed by atoms with Gasteiger partial charge in [-0.25, -0.2) is 14.8 Å². The van der Waals surface area contributed by atoms with E-state index in [1.54, 1.807) is 11.1 Å². The SMILES string of the molecule is CC(C)(C)OC(=O)N1CCC(n2cc(-c3nc(N)ncc3C#N)cn2)CC1.OC1CCCOC1. The van der Waals surface area contributed by atoms with Gasteiger partial charge in [-0.1, -0.05) is 0 Å². The highest BCUT2D eigenvalue weighted by molar-refractivity contribution is 5.68. The van der Waals surface area contributed by atoms with Gasteiger partial charge in [0, 0.05) is 31.5 Å². The quantitative estimate of drug-likeness (QED) is 0.672. The number of amides is 1. The second-order valence-electron chi connectivity index (χ2n) is 9.38. The molecule has 0 radical (unpaired) electrons. The van der Waals surface area contributed by atoms with Gasteiger partial charge in [0.15, 0.2) is 0 Å². The number of nitrogens with two attached hydrogens (primary N) is 1. The number of piperidine rings is 1. The van der Waals surface area contributed by atoms with Crippen LogP contribution < -0.4 is 5.73 Å². The van der Waals surface area contributed by atoms with Gasteiger partial charge in [-0.05, 0) is 46.5 Å².